The number of rotatable bonds is 4. The third-order valence-electron chi connectivity index (χ3n) is 4.09. The first-order valence-corrected chi connectivity index (χ1v) is 7.74. The van der Waals surface area contributed by atoms with E-state index in [-0.39, 0.29) is 5.91 Å². The van der Waals surface area contributed by atoms with Crippen molar-refractivity contribution in [2.75, 3.05) is 0 Å². The molecule has 1 aromatic carbocycles. The van der Waals surface area contributed by atoms with Gasteiger partial charge >= 0.3 is 0 Å². The third-order valence-corrected chi connectivity index (χ3v) is 4.09. The van der Waals surface area contributed by atoms with E-state index < -0.39 is 0 Å². The van der Waals surface area contributed by atoms with Crippen molar-refractivity contribution in [3.05, 3.63) is 77.4 Å². The number of hydrazone groups is 1. The van der Waals surface area contributed by atoms with E-state index in [1.165, 1.54) is 0 Å². The van der Waals surface area contributed by atoms with Gasteiger partial charge in [-0.3, -0.25) is 4.79 Å². The molecule has 0 radical (unpaired) electrons. The minimum Gasteiger partial charge on any atom is -0.339 e. The predicted molar refractivity (Wildman–Crippen MR) is 95.7 cm³/mol. The number of hydrogen-bond donors (Lipinski definition) is 1. The topological polar surface area (TPSA) is 75.1 Å². The normalized spacial score (nSPS) is 10.8. The third kappa shape index (κ3) is 3.21. The highest BCUT2D eigenvalue weighted by Gasteiger charge is 2.11. The first kappa shape index (κ1) is 16.3. The van der Waals surface area contributed by atoms with E-state index in [0.29, 0.717) is 11.3 Å². The number of carbonyl (C=O) groups excluding carboxylic acids is 1. The SMILES string of the molecule is Cc1c(/C=N\NC(=O)c2ccccc2-n2cccc2)cc(C#N)n1C. The summed E-state index contributed by atoms with van der Waals surface area (Å²) >= 11 is 0. The number of nitrogens with one attached hydrogen (secondary N) is 1. The Hall–Kier alpha value is -3.59. The number of para-hydroxylation sites is 1. The van der Waals surface area contributed by atoms with Gasteiger partial charge in [-0.2, -0.15) is 10.4 Å². The van der Waals surface area contributed by atoms with E-state index in [4.69, 9.17) is 5.26 Å². The average Bonchev–Trinajstić information content (AvgIpc) is 3.25. The second-order valence-corrected chi connectivity index (χ2v) is 5.55. The second-order valence-electron chi connectivity index (χ2n) is 5.55. The summed E-state index contributed by atoms with van der Waals surface area (Å²) in [5.74, 6) is -0.297. The average molecular weight is 331 g/mol. The minimum atomic E-state index is -0.297. The van der Waals surface area contributed by atoms with E-state index in [2.05, 4.69) is 16.6 Å². The standard InChI is InChI=1S/C19H17N5O/c1-14-15(11-16(12-20)23(14)2)13-21-22-19(25)17-7-3-4-8-18(17)24-9-5-6-10-24/h3-11,13H,1-2H3,(H,22,25)/b21-13-. The first-order chi connectivity index (χ1) is 12.1. The van der Waals surface area contributed by atoms with Gasteiger partial charge in [0.1, 0.15) is 11.8 Å². The van der Waals surface area contributed by atoms with Crippen molar-refractivity contribution in [1.29, 1.82) is 5.26 Å². The molecule has 1 amide bonds. The van der Waals surface area contributed by atoms with Gasteiger partial charge in [-0.15, -0.1) is 0 Å². The van der Waals surface area contributed by atoms with Crippen LogP contribution in [0.2, 0.25) is 0 Å². The lowest BCUT2D eigenvalue weighted by molar-refractivity contribution is 0.0955. The lowest BCUT2D eigenvalue weighted by Crippen LogP contribution is -2.19. The van der Waals surface area contributed by atoms with E-state index in [1.807, 2.05) is 61.3 Å². The number of nitriles is 1. The van der Waals surface area contributed by atoms with Crippen molar-refractivity contribution in [3.8, 4) is 11.8 Å². The summed E-state index contributed by atoms with van der Waals surface area (Å²) in [6, 6.07) is 15.0. The van der Waals surface area contributed by atoms with Crippen LogP contribution in [0.4, 0.5) is 0 Å². The van der Waals surface area contributed by atoms with Crippen LogP contribution in [0.15, 0.2) is 60.0 Å². The molecule has 0 bridgehead atoms. The Kier molecular flexibility index (Phi) is 4.48. The highest BCUT2D eigenvalue weighted by atomic mass is 16.2. The Morgan fingerprint density at radius 2 is 1.96 bits per heavy atom. The van der Waals surface area contributed by atoms with Gasteiger partial charge in [0, 0.05) is 30.7 Å². The quantitative estimate of drug-likeness (QED) is 0.589. The molecule has 0 unspecified atom stereocenters. The van der Waals surface area contributed by atoms with Crippen molar-refractivity contribution < 1.29 is 4.79 Å². The van der Waals surface area contributed by atoms with Gasteiger partial charge in [0.15, 0.2) is 0 Å². The van der Waals surface area contributed by atoms with Gasteiger partial charge in [0.25, 0.3) is 5.91 Å². The van der Waals surface area contributed by atoms with Crippen LogP contribution in [0.1, 0.15) is 27.3 Å². The number of amides is 1. The lowest BCUT2D eigenvalue weighted by Gasteiger charge is -2.08. The molecule has 124 valence electrons. The summed E-state index contributed by atoms with van der Waals surface area (Å²) in [6.07, 6.45) is 5.31. The minimum absolute atomic E-state index is 0.297. The number of nitrogens with zero attached hydrogens (tertiary/aromatic N) is 4. The van der Waals surface area contributed by atoms with Crippen LogP contribution in [0.5, 0.6) is 0 Å². The number of hydrogen-bond acceptors (Lipinski definition) is 3. The molecule has 3 rings (SSSR count). The molecular weight excluding hydrogens is 314 g/mol. The van der Waals surface area contributed by atoms with Crippen LogP contribution in [0, 0.1) is 18.3 Å². The van der Waals surface area contributed by atoms with Gasteiger partial charge in [0.05, 0.1) is 17.5 Å². The highest BCUT2D eigenvalue weighted by molar-refractivity contribution is 5.98. The smallest absolute Gasteiger partial charge is 0.273 e. The van der Waals surface area contributed by atoms with Crippen molar-refractivity contribution in [1.82, 2.24) is 14.6 Å². The van der Waals surface area contributed by atoms with Crippen molar-refractivity contribution in [3.63, 3.8) is 0 Å². The van der Waals surface area contributed by atoms with Crippen LogP contribution in [0.3, 0.4) is 0 Å². The van der Waals surface area contributed by atoms with Crippen LogP contribution in [0.25, 0.3) is 5.69 Å². The fourth-order valence-corrected chi connectivity index (χ4v) is 2.57. The van der Waals surface area contributed by atoms with Crippen LogP contribution < -0.4 is 5.43 Å². The van der Waals surface area contributed by atoms with Gasteiger partial charge in [0.2, 0.25) is 0 Å². The predicted octanol–water partition coefficient (Wildman–Crippen LogP) is 2.76. The van der Waals surface area contributed by atoms with Gasteiger partial charge in [-0.1, -0.05) is 12.1 Å². The van der Waals surface area contributed by atoms with E-state index >= 15 is 0 Å². The van der Waals surface area contributed by atoms with Crippen molar-refractivity contribution in [2.45, 2.75) is 6.92 Å². The zero-order chi connectivity index (χ0) is 17.8. The van der Waals surface area contributed by atoms with E-state index in [0.717, 1.165) is 16.9 Å². The Balaban J connectivity index is 1.79. The van der Waals surface area contributed by atoms with Crippen LogP contribution in [-0.4, -0.2) is 21.3 Å². The molecule has 3 aromatic rings. The second kappa shape index (κ2) is 6.89. The Labute approximate surface area is 145 Å². The summed E-state index contributed by atoms with van der Waals surface area (Å²) in [7, 11) is 1.82. The fraction of sp³-hybridized carbons (Fsp3) is 0.105. The maximum absolute atomic E-state index is 12.5. The molecule has 6 nitrogen and oxygen atoms in total. The summed E-state index contributed by atoms with van der Waals surface area (Å²) in [6.45, 7) is 1.89. The zero-order valence-electron chi connectivity index (χ0n) is 14.0. The molecule has 0 saturated carbocycles. The van der Waals surface area contributed by atoms with Crippen molar-refractivity contribution >= 4 is 12.1 Å². The molecule has 0 saturated heterocycles. The molecular formula is C19H17N5O. The molecule has 0 atom stereocenters. The lowest BCUT2D eigenvalue weighted by atomic mass is 10.1. The highest BCUT2D eigenvalue weighted by Crippen LogP contribution is 2.15. The molecule has 6 heteroatoms. The molecule has 25 heavy (non-hydrogen) atoms. The molecule has 0 aliphatic carbocycles. The molecule has 0 aliphatic rings. The zero-order valence-corrected chi connectivity index (χ0v) is 14.0. The number of carbonyl (C=O) groups is 1. The summed E-state index contributed by atoms with van der Waals surface area (Å²) in [4.78, 5) is 12.5. The Morgan fingerprint density at radius 3 is 2.64 bits per heavy atom. The molecule has 2 aromatic heterocycles. The molecule has 0 spiro atoms. The monoisotopic (exact) mass is 331 g/mol. The van der Waals surface area contributed by atoms with Crippen LogP contribution in [-0.2, 0) is 7.05 Å². The molecule has 1 N–H and O–H groups in total. The Morgan fingerprint density at radius 1 is 1.24 bits per heavy atom. The Bertz CT molecular complexity index is 974. The fourth-order valence-electron chi connectivity index (χ4n) is 2.57. The molecule has 0 aliphatic heterocycles. The van der Waals surface area contributed by atoms with Crippen molar-refractivity contribution in [2.24, 2.45) is 12.1 Å². The largest absolute Gasteiger partial charge is 0.339 e. The summed E-state index contributed by atoms with van der Waals surface area (Å²) < 4.78 is 3.66. The van der Waals surface area contributed by atoms with E-state index in [1.54, 1.807) is 22.9 Å². The van der Waals surface area contributed by atoms with Crippen LogP contribution >= 0.6 is 0 Å². The maximum Gasteiger partial charge on any atom is 0.273 e. The first-order valence-electron chi connectivity index (χ1n) is 7.74. The van der Waals surface area contributed by atoms with Gasteiger partial charge in [-0.25, -0.2) is 5.43 Å². The van der Waals surface area contributed by atoms with E-state index in [9.17, 15) is 4.79 Å². The number of benzene rings is 1. The summed E-state index contributed by atoms with van der Waals surface area (Å²) in [5.41, 5.74) is 6.09. The van der Waals surface area contributed by atoms with Gasteiger partial charge < -0.3 is 9.13 Å². The number of aromatic nitrogens is 2. The van der Waals surface area contributed by atoms with Gasteiger partial charge in [-0.05, 0) is 37.3 Å². The maximum atomic E-state index is 12.5. The molecule has 0 fully saturated rings. The molecule has 2 heterocycles. The summed E-state index contributed by atoms with van der Waals surface area (Å²) in [5, 5.41) is 13.1.